The first-order valence-electron chi connectivity index (χ1n) is 4.55. The Hall–Kier alpha value is -0.870. The SMILES string of the molecule is COC1CCN(c2nccnc2Cl)C1. The Kier molecular flexibility index (Phi) is 2.84. The van der Waals surface area contributed by atoms with E-state index in [9.17, 15) is 0 Å². The van der Waals surface area contributed by atoms with Gasteiger partial charge in [0.25, 0.3) is 0 Å². The van der Waals surface area contributed by atoms with Crippen molar-refractivity contribution < 1.29 is 4.74 Å². The van der Waals surface area contributed by atoms with Gasteiger partial charge in [0, 0.05) is 32.6 Å². The van der Waals surface area contributed by atoms with Gasteiger partial charge in [-0.25, -0.2) is 9.97 Å². The smallest absolute Gasteiger partial charge is 0.171 e. The molecular formula is C9H12ClN3O. The summed E-state index contributed by atoms with van der Waals surface area (Å²) >= 11 is 5.94. The number of hydrogen-bond donors (Lipinski definition) is 0. The van der Waals surface area contributed by atoms with E-state index in [1.165, 1.54) is 0 Å². The van der Waals surface area contributed by atoms with Crippen LogP contribution in [-0.2, 0) is 4.74 Å². The highest BCUT2D eigenvalue weighted by molar-refractivity contribution is 6.31. The number of anilines is 1. The van der Waals surface area contributed by atoms with Crippen molar-refractivity contribution in [3.8, 4) is 0 Å². The Balaban J connectivity index is 2.13. The van der Waals surface area contributed by atoms with E-state index in [1.807, 2.05) is 0 Å². The molecule has 0 amide bonds. The molecule has 1 saturated heterocycles. The first-order chi connectivity index (χ1) is 6.81. The Morgan fingerprint density at radius 3 is 2.93 bits per heavy atom. The summed E-state index contributed by atoms with van der Waals surface area (Å²) in [6.45, 7) is 1.77. The lowest BCUT2D eigenvalue weighted by molar-refractivity contribution is 0.121. The van der Waals surface area contributed by atoms with Gasteiger partial charge in [0.05, 0.1) is 6.10 Å². The Morgan fingerprint density at radius 1 is 1.50 bits per heavy atom. The van der Waals surface area contributed by atoms with Crippen LogP contribution in [0.2, 0.25) is 5.15 Å². The number of methoxy groups -OCH3 is 1. The zero-order valence-corrected chi connectivity index (χ0v) is 8.74. The minimum Gasteiger partial charge on any atom is -0.380 e. The quantitative estimate of drug-likeness (QED) is 0.744. The van der Waals surface area contributed by atoms with Gasteiger partial charge >= 0.3 is 0 Å². The molecule has 0 aromatic carbocycles. The van der Waals surface area contributed by atoms with Gasteiger partial charge in [-0.2, -0.15) is 0 Å². The molecule has 4 nitrogen and oxygen atoms in total. The summed E-state index contributed by atoms with van der Waals surface area (Å²) in [5.41, 5.74) is 0. The Bertz CT molecular complexity index is 321. The number of aromatic nitrogens is 2. The number of ether oxygens (including phenoxy) is 1. The van der Waals surface area contributed by atoms with Gasteiger partial charge in [0.1, 0.15) is 0 Å². The zero-order chi connectivity index (χ0) is 9.97. The van der Waals surface area contributed by atoms with Crippen molar-refractivity contribution in [2.75, 3.05) is 25.1 Å². The van der Waals surface area contributed by atoms with Crippen molar-refractivity contribution in [2.45, 2.75) is 12.5 Å². The monoisotopic (exact) mass is 213 g/mol. The summed E-state index contributed by atoms with van der Waals surface area (Å²) in [6, 6.07) is 0. The number of rotatable bonds is 2. The van der Waals surface area contributed by atoms with Gasteiger partial charge in [0.2, 0.25) is 0 Å². The number of nitrogens with zero attached hydrogens (tertiary/aromatic N) is 3. The molecule has 0 N–H and O–H groups in total. The van der Waals surface area contributed by atoms with E-state index < -0.39 is 0 Å². The summed E-state index contributed by atoms with van der Waals surface area (Å²) < 4.78 is 5.27. The molecule has 2 heterocycles. The van der Waals surface area contributed by atoms with E-state index in [2.05, 4.69) is 14.9 Å². The van der Waals surface area contributed by atoms with Crippen molar-refractivity contribution in [3.05, 3.63) is 17.5 Å². The summed E-state index contributed by atoms with van der Waals surface area (Å²) in [6.07, 6.45) is 4.55. The molecule has 14 heavy (non-hydrogen) atoms. The van der Waals surface area contributed by atoms with Crippen molar-refractivity contribution in [2.24, 2.45) is 0 Å². The van der Waals surface area contributed by atoms with Crippen molar-refractivity contribution in [3.63, 3.8) is 0 Å². The van der Waals surface area contributed by atoms with E-state index >= 15 is 0 Å². The van der Waals surface area contributed by atoms with Crippen molar-refractivity contribution in [1.29, 1.82) is 0 Å². The lowest BCUT2D eigenvalue weighted by Crippen LogP contribution is -2.23. The molecule has 0 saturated carbocycles. The second-order valence-corrected chi connectivity index (χ2v) is 3.62. The molecule has 76 valence electrons. The van der Waals surface area contributed by atoms with Crippen LogP contribution in [0.25, 0.3) is 0 Å². The predicted octanol–water partition coefficient (Wildman–Crippen LogP) is 1.36. The Labute approximate surface area is 87.9 Å². The maximum absolute atomic E-state index is 5.94. The molecule has 2 rings (SSSR count). The summed E-state index contributed by atoms with van der Waals surface area (Å²) in [4.78, 5) is 10.3. The van der Waals surface area contributed by atoms with Crippen LogP contribution in [0.1, 0.15) is 6.42 Å². The second-order valence-electron chi connectivity index (χ2n) is 3.26. The lowest BCUT2D eigenvalue weighted by Gasteiger charge is -2.17. The topological polar surface area (TPSA) is 38.2 Å². The third-order valence-electron chi connectivity index (χ3n) is 2.41. The lowest BCUT2D eigenvalue weighted by atomic mass is 10.3. The molecule has 0 radical (unpaired) electrons. The third kappa shape index (κ3) is 1.81. The van der Waals surface area contributed by atoms with Crippen LogP contribution in [0, 0.1) is 0 Å². The molecule has 1 aromatic rings. The van der Waals surface area contributed by atoms with Crippen molar-refractivity contribution >= 4 is 17.4 Å². The molecule has 1 fully saturated rings. The summed E-state index contributed by atoms with van der Waals surface area (Å²) in [7, 11) is 1.73. The van der Waals surface area contributed by atoms with Gasteiger partial charge in [0.15, 0.2) is 11.0 Å². The minimum atomic E-state index is 0.285. The van der Waals surface area contributed by atoms with Crippen LogP contribution >= 0.6 is 11.6 Å². The minimum absolute atomic E-state index is 0.285. The van der Waals surface area contributed by atoms with Crippen LogP contribution in [0.3, 0.4) is 0 Å². The maximum Gasteiger partial charge on any atom is 0.171 e. The number of hydrogen-bond acceptors (Lipinski definition) is 4. The van der Waals surface area contributed by atoms with E-state index in [0.717, 1.165) is 25.3 Å². The molecule has 1 unspecified atom stereocenters. The molecule has 1 aromatic heterocycles. The van der Waals surface area contributed by atoms with Gasteiger partial charge in [-0.15, -0.1) is 0 Å². The van der Waals surface area contributed by atoms with Crippen molar-refractivity contribution in [1.82, 2.24) is 9.97 Å². The van der Waals surface area contributed by atoms with Crippen LogP contribution in [0.4, 0.5) is 5.82 Å². The largest absolute Gasteiger partial charge is 0.380 e. The fraction of sp³-hybridized carbons (Fsp3) is 0.556. The van der Waals surface area contributed by atoms with Gasteiger partial charge in [-0.05, 0) is 6.42 Å². The molecule has 1 atom stereocenters. The first-order valence-corrected chi connectivity index (χ1v) is 4.93. The number of halogens is 1. The summed E-state index contributed by atoms with van der Waals surface area (Å²) in [5, 5.41) is 0.462. The summed E-state index contributed by atoms with van der Waals surface area (Å²) in [5.74, 6) is 0.758. The average Bonchev–Trinajstić information content (AvgIpc) is 2.67. The zero-order valence-electron chi connectivity index (χ0n) is 7.98. The predicted molar refractivity (Wildman–Crippen MR) is 54.7 cm³/mol. The van der Waals surface area contributed by atoms with Crippen LogP contribution in [0.15, 0.2) is 12.4 Å². The fourth-order valence-electron chi connectivity index (χ4n) is 1.64. The molecule has 0 spiro atoms. The van der Waals surface area contributed by atoms with E-state index in [0.29, 0.717) is 5.15 Å². The Morgan fingerprint density at radius 2 is 2.29 bits per heavy atom. The molecule has 1 aliphatic rings. The highest BCUT2D eigenvalue weighted by atomic mass is 35.5. The van der Waals surface area contributed by atoms with E-state index in [-0.39, 0.29) is 6.10 Å². The fourth-order valence-corrected chi connectivity index (χ4v) is 1.86. The average molecular weight is 214 g/mol. The van der Waals surface area contributed by atoms with Gasteiger partial charge in [-0.3, -0.25) is 0 Å². The van der Waals surface area contributed by atoms with E-state index in [4.69, 9.17) is 16.3 Å². The molecular weight excluding hydrogens is 202 g/mol. The third-order valence-corrected chi connectivity index (χ3v) is 2.68. The highest BCUT2D eigenvalue weighted by Gasteiger charge is 2.24. The van der Waals surface area contributed by atoms with E-state index in [1.54, 1.807) is 19.5 Å². The normalized spacial score (nSPS) is 21.6. The molecule has 0 aliphatic carbocycles. The van der Waals surface area contributed by atoms with Gasteiger partial charge < -0.3 is 9.64 Å². The molecule has 5 heteroatoms. The van der Waals surface area contributed by atoms with Crippen LogP contribution in [-0.4, -0.2) is 36.3 Å². The second kappa shape index (κ2) is 4.11. The van der Waals surface area contributed by atoms with Crippen LogP contribution in [0.5, 0.6) is 0 Å². The molecule has 1 aliphatic heterocycles. The highest BCUT2D eigenvalue weighted by Crippen LogP contribution is 2.24. The standard InChI is InChI=1S/C9H12ClN3O/c1-14-7-2-5-13(6-7)9-8(10)11-3-4-12-9/h3-4,7H,2,5-6H2,1H3. The first kappa shape index (κ1) is 9.68. The maximum atomic E-state index is 5.94. The van der Waals surface area contributed by atoms with Gasteiger partial charge in [-0.1, -0.05) is 11.6 Å². The molecule has 0 bridgehead atoms. The van der Waals surface area contributed by atoms with Crippen LogP contribution < -0.4 is 4.90 Å².